The third-order valence-corrected chi connectivity index (χ3v) is 5.21. The van der Waals surface area contributed by atoms with Crippen LogP contribution < -0.4 is 15.4 Å². The molecule has 1 aromatic rings. The van der Waals surface area contributed by atoms with Crippen molar-refractivity contribution in [3.8, 4) is 5.88 Å². The first-order valence-electron chi connectivity index (χ1n) is 7.51. The molecule has 2 fully saturated rings. The molecule has 0 aliphatic carbocycles. The van der Waals surface area contributed by atoms with Crippen molar-refractivity contribution in [1.29, 1.82) is 0 Å². The largest absolute Gasteiger partial charge is 0.481 e. The quantitative estimate of drug-likeness (QED) is 0.896. The number of nitrogen functional groups attached to an aromatic ring is 1. The molecule has 3 heterocycles. The minimum atomic E-state index is 0.277. The number of nitrogens with two attached hydrogens (primary N) is 1. The van der Waals surface area contributed by atoms with Crippen LogP contribution in [0.15, 0.2) is 6.07 Å². The Bertz CT molecular complexity index is 472. The molecule has 2 aliphatic heterocycles. The molecule has 0 aromatic carbocycles. The van der Waals surface area contributed by atoms with Gasteiger partial charge >= 0.3 is 0 Å². The second-order valence-corrected chi connectivity index (χ2v) is 6.72. The van der Waals surface area contributed by atoms with E-state index in [2.05, 4.69) is 31.5 Å². The van der Waals surface area contributed by atoms with E-state index in [-0.39, 0.29) is 5.95 Å². The van der Waals surface area contributed by atoms with Crippen LogP contribution in [0.4, 0.5) is 11.8 Å². The molecule has 6 nitrogen and oxygen atoms in total. The van der Waals surface area contributed by atoms with Crippen molar-refractivity contribution in [2.24, 2.45) is 0 Å². The molecule has 0 atom stereocenters. The average molecular weight is 309 g/mol. The van der Waals surface area contributed by atoms with Gasteiger partial charge in [0.25, 0.3) is 0 Å². The number of ether oxygens (including phenoxy) is 1. The number of anilines is 2. The average Bonchev–Trinajstić information content (AvgIpc) is 2.55. The molecule has 1 aromatic heterocycles. The van der Waals surface area contributed by atoms with Crippen molar-refractivity contribution in [1.82, 2.24) is 14.9 Å². The minimum Gasteiger partial charge on any atom is -0.481 e. The summed E-state index contributed by atoms with van der Waals surface area (Å²) < 4.78 is 5.17. The van der Waals surface area contributed by atoms with Crippen LogP contribution in [0.5, 0.6) is 5.88 Å². The van der Waals surface area contributed by atoms with Gasteiger partial charge in [0.1, 0.15) is 5.82 Å². The summed E-state index contributed by atoms with van der Waals surface area (Å²) in [6, 6.07) is 2.59. The van der Waals surface area contributed by atoms with E-state index in [1.807, 2.05) is 6.07 Å². The standard InChI is InChI=1S/C14H23N5OS/c1-20-13-10-12(16-14(15)17-13)19-4-2-11(3-5-19)18-6-8-21-9-7-18/h10-11H,2-9H2,1H3,(H2,15,16,17). The molecule has 2 N–H and O–H groups in total. The molecular weight excluding hydrogens is 286 g/mol. The van der Waals surface area contributed by atoms with Crippen LogP contribution in [-0.2, 0) is 0 Å². The summed E-state index contributed by atoms with van der Waals surface area (Å²) in [5.41, 5.74) is 5.75. The zero-order chi connectivity index (χ0) is 14.7. The summed E-state index contributed by atoms with van der Waals surface area (Å²) in [6.07, 6.45) is 2.38. The van der Waals surface area contributed by atoms with Crippen molar-refractivity contribution < 1.29 is 4.74 Å². The smallest absolute Gasteiger partial charge is 0.225 e. The summed E-state index contributed by atoms with van der Waals surface area (Å²) >= 11 is 2.07. The Kier molecular flexibility index (Phi) is 4.70. The monoisotopic (exact) mass is 309 g/mol. The molecule has 0 unspecified atom stereocenters. The Morgan fingerprint density at radius 2 is 1.90 bits per heavy atom. The van der Waals surface area contributed by atoms with Crippen molar-refractivity contribution in [3.63, 3.8) is 0 Å². The Morgan fingerprint density at radius 1 is 1.19 bits per heavy atom. The highest BCUT2D eigenvalue weighted by Crippen LogP contribution is 2.25. The Morgan fingerprint density at radius 3 is 2.57 bits per heavy atom. The van der Waals surface area contributed by atoms with Crippen LogP contribution in [-0.4, -0.2) is 65.7 Å². The summed E-state index contributed by atoms with van der Waals surface area (Å²) in [4.78, 5) is 13.3. The molecule has 0 radical (unpaired) electrons. The van der Waals surface area contributed by atoms with Gasteiger partial charge in [0.15, 0.2) is 0 Å². The van der Waals surface area contributed by atoms with Crippen molar-refractivity contribution >= 4 is 23.5 Å². The van der Waals surface area contributed by atoms with Crippen LogP contribution in [0.2, 0.25) is 0 Å². The van der Waals surface area contributed by atoms with Gasteiger partial charge in [0.2, 0.25) is 11.8 Å². The highest BCUT2D eigenvalue weighted by atomic mass is 32.2. The van der Waals surface area contributed by atoms with E-state index in [4.69, 9.17) is 10.5 Å². The molecule has 2 aliphatic rings. The number of piperidine rings is 1. The lowest BCUT2D eigenvalue weighted by atomic mass is 10.0. The number of hydrogen-bond donors (Lipinski definition) is 1. The van der Waals surface area contributed by atoms with Gasteiger partial charge in [-0.2, -0.15) is 21.7 Å². The van der Waals surface area contributed by atoms with E-state index in [1.165, 1.54) is 37.4 Å². The molecule has 2 saturated heterocycles. The van der Waals surface area contributed by atoms with Crippen LogP contribution in [0.1, 0.15) is 12.8 Å². The van der Waals surface area contributed by atoms with E-state index in [9.17, 15) is 0 Å². The van der Waals surface area contributed by atoms with Crippen molar-refractivity contribution in [2.75, 3.05) is 55.4 Å². The number of aromatic nitrogens is 2. The molecule has 0 amide bonds. The maximum Gasteiger partial charge on any atom is 0.225 e. The van der Waals surface area contributed by atoms with Gasteiger partial charge in [-0.25, -0.2) is 0 Å². The van der Waals surface area contributed by atoms with E-state index in [1.54, 1.807) is 7.11 Å². The lowest BCUT2D eigenvalue weighted by molar-refractivity contribution is 0.185. The van der Waals surface area contributed by atoms with E-state index < -0.39 is 0 Å². The van der Waals surface area contributed by atoms with E-state index >= 15 is 0 Å². The molecular formula is C14H23N5OS. The van der Waals surface area contributed by atoms with Crippen molar-refractivity contribution in [2.45, 2.75) is 18.9 Å². The summed E-state index contributed by atoms with van der Waals surface area (Å²) in [5, 5.41) is 0. The SMILES string of the molecule is COc1cc(N2CCC(N3CCSCC3)CC2)nc(N)n1. The first kappa shape index (κ1) is 14.7. The van der Waals surface area contributed by atoms with Gasteiger partial charge in [0, 0.05) is 49.8 Å². The molecule has 0 spiro atoms. The number of rotatable bonds is 3. The Labute approximate surface area is 130 Å². The summed E-state index contributed by atoms with van der Waals surface area (Å²) in [5.74, 6) is 4.25. The van der Waals surface area contributed by atoms with Gasteiger partial charge in [-0.05, 0) is 12.8 Å². The highest BCUT2D eigenvalue weighted by molar-refractivity contribution is 7.99. The molecule has 116 valence electrons. The normalized spacial score (nSPS) is 21.5. The topological polar surface area (TPSA) is 67.5 Å². The molecule has 3 rings (SSSR count). The maximum absolute atomic E-state index is 5.75. The maximum atomic E-state index is 5.75. The summed E-state index contributed by atoms with van der Waals surface area (Å²) in [7, 11) is 1.60. The predicted octanol–water partition coefficient (Wildman–Crippen LogP) is 1.08. The molecule has 7 heteroatoms. The number of methoxy groups -OCH3 is 1. The minimum absolute atomic E-state index is 0.277. The first-order chi connectivity index (χ1) is 10.3. The van der Waals surface area contributed by atoms with Crippen LogP contribution in [0.3, 0.4) is 0 Å². The van der Waals surface area contributed by atoms with E-state index in [0.717, 1.165) is 24.9 Å². The fourth-order valence-corrected chi connectivity index (χ4v) is 4.03. The van der Waals surface area contributed by atoms with Crippen LogP contribution in [0.25, 0.3) is 0 Å². The lowest BCUT2D eigenvalue weighted by Crippen LogP contribution is -2.48. The Hall–Kier alpha value is -1.21. The molecule has 0 bridgehead atoms. The van der Waals surface area contributed by atoms with Gasteiger partial charge in [-0.1, -0.05) is 0 Å². The van der Waals surface area contributed by atoms with Gasteiger partial charge < -0.3 is 15.4 Å². The highest BCUT2D eigenvalue weighted by Gasteiger charge is 2.26. The zero-order valence-electron chi connectivity index (χ0n) is 12.5. The lowest BCUT2D eigenvalue weighted by Gasteiger charge is -2.40. The number of nitrogens with zero attached hydrogens (tertiary/aromatic N) is 4. The third kappa shape index (κ3) is 3.52. The zero-order valence-corrected chi connectivity index (χ0v) is 13.3. The number of thioether (sulfide) groups is 1. The fourth-order valence-electron chi connectivity index (χ4n) is 3.10. The first-order valence-corrected chi connectivity index (χ1v) is 8.67. The predicted molar refractivity (Wildman–Crippen MR) is 87.1 cm³/mol. The Balaban J connectivity index is 1.61. The number of hydrogen-bond acceptors (Lipinski definition) is 7. The molecule has 21 heavy (non-hydrogen) atoms. The summed E-state index contributed by atoms with van der Waals surface area (Å²) in [6.45, 7) is 4.52. The van der Waals surface area contributed by atoms with Gasteiger partial charge in [-0.15, -0.1) is 0 Å². The molecule has 0 saturated carbocycles. The second-order valence-electron chi connectivity index (χ2n) is 5.49. The fraction of sp³-hybridized carbons (Fsp3) is 0.714. The van der Waals surface area contributed by atoms with Crippen molar-refractivity contribution in [3.05, 3.63) is 6.07 Å². The van der Waals surface area contributed by atoms with Gasteiger partial charge in [-0.3, -0.25) is 4.90 Å². The second kappa shape index (κ2) is 6.70. The van der Waals surface area contributed by atoms with Crippen LogP contribution in [0, 0.1) is 0 Å². The van der Waals surface area contributed by atoms with Gasteiger partial charge in [0.05, 0.1) is 7.11 Å². The van der Waals surface area contributed by atoms with Crippen LogP contribution >= 0.6 is 11.8 Å². The third-order valence-electron chi connectivity index (χ3n) is 4.27. The van der Waals surface area contributed by atoms with E-state index in [0.29, 0.717) is 5.88 Å².